The van der Waals surface area contributed by atoms with Crippen LogP contribution in [0.1, 0.15) is 37.7 Å². The third-order valence-corrected chi connectivity index (χ3v) is 5.81. The van der Waals surface area contributed by atoms with Gasteiger partial charge in [0.2, 0.25) is 5.78 Å². The van der Waals surface area contributed by atoms with E-state index in [1.807, 2.05) is 57.2 Å². The Morgan fingerprint density at radius 3 is 2.55 bits per heavy atom. The zero-order chi connectivity index (χ0) is 20.8. The fourth-order valence-electron chi connectivity index (χ4n) is 3.21. The average Bonchev–Trinajstić information content (AvgIpc) is 3.32. The maximum Gasteiger partial charge on any atom is 0.331 e. The summed E-state index contributed by atoms with van der Waals surface area (Å²) in [6, 6.07) is 13.8. The van der Waals surface area contributed by atoms with Crippen LogP contribution in [0.3, 0.4) is 0 Å². The first-order valence-electron chi connectivity index (χ1n) is 9.58. The maximum atomic E-state index is 12.6. The summed E-state index contributed by atoms with van der Waals surface area (Å²) in [6.07, 6.45) is 3.96. The van der Waals surface area contributed by atoms with Gasteiger partial charge >= 0.3 is 5.97 Å². The Labute approximate surface area is 175 Å². The van der Waals surface area contributed by atoms with E-state index in [0.29, 0.717) is 5.56 Å². The summed E-state index contributed by atoms with van der Waals surface area (Å²) < 4.78 is 7.29. The van der Waals surface area contributed by atoms with Gasteiger partial charge in [0.05, 0.1) is 0 Å². The van der Waals surface area contributed by atoms with E-state index in [4.69, 9.17) is 4.74 Å². The van der Waals surface area contributed by atoms with E-state index in [9.17, 15) is 9.59 Å². The smallest absolute Gasteiger partial charge is 0.331 e. The van der Waals surface area contributed by atoms with Gasteiger partial charge in [0.15, 0.2) is 6.61 Å². The van der Waals surface area contributed by atoms with Crippen LogP contribution in [0.25, 0.3) is 6.08 Å². The first-order valence-corrected chi connectivity index (χ1v) is 10.5. The van der Waals surface area contributed by atoms with E-state index in [1.165, 1.54) is 11.0 Å². The zero-order valence-electron chi connectivity index (χ0n) is 17.0. The minimum absolute atomic E-state index is 0.183. The molecule has 0 bridgehead atoms. The van der Waals surface area contributed by atoms with Crippen molar-refractivity contribution >= 4 is 29.2 Å². The number of carbonyl (C=O) groups is 2. The van der Waals surface area contributed by atoms with Crippen LogP contribution >= 0.6 is 11.3 Å². The van der Waals surface area contributed by atoms with Crippen LogP contribution in [0.5, 0.6) is 0 Å². The predicted molar refractivity (Wildman–Crippen MR) is 117 cm³/mol. The van der Waals surface area contributed by atoms with Crippen LogP contribution in [-0.4, -0.2) is 22.9 Å². The van der Waals surface area contributed by atoms with Crippen molar-refractivity contribution in [3.63, 3.8) is 0 Å². The van der Waals surface area contributed by atoms with Crippen LogP contribution in [-0.2, 0) is 22.5 Å². The van der Waals surface area contributed by atoms with E-state index in [2.05, 4.69) is 16.0 Å². The van der Waals surface area contributed by atoms with E-state index in [0.717, 1.165) is 35.5 Å². The zero-order valence-corrected chi connectivity index (χ0v) is 17.8. The van der Waals surface area contributed by atoms with Crippen molar-refractivity contribution in [2.75, 3.05) is 6.61 Å². The molecular weight excluding hydrogens is 382 g/mol. The van der Waals surface area contributed by atoms with Crippen molar-refractivity contribution in [3.8, 4) is 0 Å². The first kappa shape index (κ1) is 20.8. The van der Waals surface area contributed by atoms with Gasteiger partial charge in [0.25, 0.3) is 0 Å². The fraction of sp³-hybridized carbons (Fsp3) is 0.250. The van der Waals surface area contributed by atoms with Crippen LogP contribution in [0.4, 0.5) is 0 Å². The third kappa shape index (κ3) is 5.55. The monoisotopic (exact) mass is 407 g/mol. The molecule has 3 rings (SSSR count). The number of thiophene rings is 1. The molecule has 5 heteroatoms. The maximum absolute atomic E-state index is 12.6. The summed E-state index contributed by atoms with van der Waals surface area (Å²) in [5.41, 5.74) is 4.63. The van der Waals surface area contributed by atoms with Gasteiger partial charge in [-0.15, -0.1) is 11.3 Å². The molecule has 2 heterocycles. The largest absolute Gasteiger partial charge is 0.454 e. The summed E-state index contributed by atoms with van der Waals surface area (Å²) in [5, 5.41) is 2.07. The quantitative estimate of drug-likeness (QED) is 0.294. The molecule has 0 radical (unpaired) electrons. The molecule has 150 valence electrons. The second-order valence-corrected chi connectivity index (χ2v) is 8.07. The number of hydrogen-bond acceptors (Lipinski definition) is 4. The summed E-state index contributed by atoms with van der Waals surface area (Å²) >= 11 is 1.74. The number of benzene rings is 1. The minimum atomic E-state index is -0.523. The molecule has 0 aliphatic heterocycles. The van der Waals surface area contributed by atoms with Crippen molar-refractivity contribution in [3.05, 3.63) is 86.9 Å². The number of ether oxygens (including phenoxy) is 1. The molecule has 4 nitrogen and oxygen atoms in total. The number of aromatic nitrogens is 1. The molecule has 0 aliphatic carbocycles. The summed E-state index contributed by atoms with van der Waals surface area (Å²) in [5.74, 6) is -0.706. The van der Waals surface area contributed by atoms with Gasteiger partial charge in [0.1, 0.15) is 0 Å². The number of Topliss-reactive ketones (excluding diaryl/α,β-unsaturated/α-hetero) is 1. The van der Waals surface area contributed by atoms with Gasteiger partial charge in [-0.05, 0) is 56.3 Å². The van der Waals surface area contributed by atoms with Gasteiger partial charge in [-0.3, -0.25) is 4.79 Å². The van der Waals surface area contributed by atoms with Crippen molar-refractivity contribution in [2.45, 2.75) is 33.7 Å². The first-order chi connectivity index (χ1) is 13.9. The Balaban J connectivity index is 1.56. The highest BCUT2D eigenvalue weighted by atomic mass is 32.1. The molecule has 0 saturated carbocycles. The normalized spacial score (nSPS) is 11.1. The van der Waals surface area contributed by atoms with E-state index >= 15 is 0 Å². The summed E-state index contributed by atoms with van der Waals surface area (Å²) in [4.78, 5) is 25.8. The molecule has 1 aromatic carbocycles. The van der Waals surface area contributed by atoms with Gasteiger partial charge in [-0.2, -0.15) is 0 Å². The Morgan fingerprint density at radius 2 is 1.86 bits per heavy atom. The van der Waals surface area contributed by atoms with Crippen molar-refractivity contribution in [2.24, 2.45) is 0 Å². The molecule has 29 heavy (non-hydrogen) atoms. The second-order valence-electron chi connectivity index (χ2n) is 7.04. The van der Waals surface area contributed by atoms with E-state index in [1.54, 1.807) is 17.4 Å². The lowest BCUT2D eigenvalue weighted by atomic mass is 10.1. The SMILES string of the molecule is Cc1ccc(/C=C/C(=O)OCC(=O)c2cc(C)n(CCc3cccs3)c2C)cc1. The molecule has 0 saturated heterocycles. The number of nitrogens with zero attached hydrogens (tertiary/aromatic N) is 1. The summed E-state index contributed by atoms with van der Waals surface area (Å²) in [7, 11) is 0. The van der Waals surface area contributed by atoms with E-state index < -0.39 is 5.97 Å². The molecule has 0 aliphatic rings. The Hall–Kier alpha value is -2.92. The summed E-state index contributed by atoms with van der Waals surface area (Å²) in [6.45, 7) is 6.51. The predicted octanol–water partition coefficient (Wildman–Crippen LogP) is 5.16. The molecule has 0 N–H and O–H groups in total. The molecule has 3 aromatic rings. The topological polar surface area (TPSA) is 48.3 Å². The molecule has 0 spiro atoms. The number of carbonyl (C=O) groups excluding carboxylic acids is 2. The van der Waals surface area contributed by atoms with Crippen LogP contribution in [0.2, 0.25) is 0 Å². The molecule has 2 aromatic heterocycles. The van der Waals surface area contributed by atoms with Crippen LogP contribution in [0, 0.1) is 20.8 Å². The average molecular weight is 408 g/mol. The van der Waals surface area contributed by atoms with Gasteiger partial charge in [0, 0.05) is 34.4 Å². The highest BCUT2D eigenvalue weighted by Crippen LogP contribution is 2.18. The number of hydrogen-bond donors (Lipinski definition) is 0. The lowest BCUT2D eigenvalue weighted by molar-refractivity contribution is -0.136. The molecule has 0 unspecified atom stereocenters. The minimum Gasteiger partial charge on any atom is -0.454 e. The molecule has 0 amide bonds. The lowest BCUT2D eigenvalue weighted by Crippen LogP contribution is -2.14. The third-order valence-electron chi connectivity index (χ3n) is 4.87. The van der Waals surface area contributed by atoms with Gasteiger partial charge in [-0.1, -0.05) is 35.9 Å². The van der Waals surface area contributed by atoms with Crippen LogP contribution in [0.15, 0.2) is 53.9 Å². The van der Waals surface area contributed by atoms with Crippen LogP contribution < -0.4 is 0 Å². The number of ketones is 1. The fourth-order valence-corrected chi connectivity index (χ4v) is 3.91. The Bertz CT molecular complexity index is 1010. The molecule has 0 fully saturated rings. The number of esters is 1. The molecule has 0 atom stereocenters. The van der Waals surface area contributed by atoms with Crippen molar-refractivity contribution in [1.82, 2.24) is 4.57 Å². The standard InChI is InChI=1S/C24H25NO3S/c1-17-6-8-20(9-7-17)10-11-24(27)28-16-23(26)22-15-18(2)25(19(22)3)13-12-21-5-4-14-29-21/h4-11,14-15H,12-13,16H2,1-3H3/b11-10+. The van der Waals surface area contributed by atoms with Gasteiger partial charge in [-0.25, -0.2) is 4.79 Å². The number of aryl methyl sites for hydroxylation is 3. The Morgan fingerprint density at radius 1 is 1.10 bits per heavy atom. The van der Waals surface area contributed by atoms with Crippen molar-refractivity contribution < 1.29 is 14.3 Å². The highest BCUT2D eigenvalue weighted by molar-refractivity contribution is 7.09. The molecular formula is C24H25NO3S. The van der Waals surface area contributed by atoms with Crippen molar-refractivity contribution in [1.29, 1.82) is 0 Å². The van der Waals surface area contributed by atoms with E-state index in [-0.39, 0.29) is 12.4 Å². The second kappa shape index (κ2) is 9.52. The Kier molecular flexibility index (Phi) is 6.83. The van der Waals surface area contributed by atoms with Gasteiger partial charge < -0.3 is 9.30 Å². The number of rotatable bonds is 8. The highest BCUT2D eigenvalue weighted by Gasteiger charge is 2.17. The lowest BCUT2D eigenvalue weighted by Gasteiger charge is -2.09.